The Hall–Kier alpha value is -2.67. The predicted molar refractivity (Wildman–Crippen MR) is 106 cm³/mol. The third-order valence-corrected chi connectivity index (χ3v) is 5.02. The van der Waals surface area contributed by atoms with Gasteiger partial charge in [-0.15, -0.1) is 11.3 Å². The molecule has 2 aromatic rings. The average Bonchev–Trinajstić information content (AvgIpc) is 2.99. The van der Waals surface area contributed by atoms with E-state index in [0.717, 1.165) is 11.1 Å². The number of ether oxygens (including phenoxy) is 1. The molecule has 0 atom stereocenters. The first-order valence-electron chi connectivity index (χ1n) is 8.49. The third-order valence-electron chi connectivity index (χ3n) is 3.87. The van der Waals surface area contributed by atoms with Crippen molar-refractivity contribution in [3.05, 3.63) is 51.9 Å². The fourth-order valence-corrected chi connectivity index (χ4v) is 3.19. The Morgan fingerprint density at radius 1 is 1.11 bits per heavy atom. The van der Waals surface area contributed by atoms with E-state index in [1.54, 1.807) is 30.3 Å². The van der Waals surface area contributed by atoms with E-state index in [9.17, 15) is 14.4 Å². The fraction of sp³-hybridized carbons (Fsp3) is 0.350. The van der Waals surface area contributed by atoms with Crippen LogP contribution in [0.15, 0.2) is 30.3 Å². The van der Waals surface area contributed by atoms with Crippen molar-refractivity contribution in [2.45, 2.75) is 34.2 Å². The van der Waals surface area contributed by atoms with E-state index >= 15 is 0 Å². The quantitative estimate of drug-likeness (QED) is 0.764. The van der Waals surface area contributed by atoms with E-state index in [2.05, 4.69) is 15.4 Å². The van der Waals surface area contributed by atoms with Gasteiger partial charge in [0, 0.05) is 12.0 Å². The number of hydrogen-bond acceptors (Lipinski definition) is 5. The summed E-state index contributed by atoms with van der Waals surface area (Å²) < 4.78 is 4.66. The molecule has 2 amide bonds. The van der Waals surface area contributed by atoms with Gasteiger partial charge in [-0.3, -0.25) is 9.59 Å². The number of nitrogens with one attached hydrogen (secondary N) is 2. The number of benzene rings is 1. The van der Waals surface area contributed by atoms with Crippen LogP contribution in [0.1, 0.15) is 51.9 Å². The van der Waals surface area contributed by atoms with Crippen molar-refractivity contribution in [1.82, 2.24) is 5.32 Å². The summed E-state index contributed by atoms with van der Waals surface area (Å²) in [6, 6.07) is 8.65. The van der Waals surface area contributed by atoms with Gasteiger partial charge in [0.1, 0.15) is 0 Å². The number of aryl methyl sites for hydroxylation is 1. The van der Waals surface area contributed by atoms with E-state index in [1.165, 1.54) is 18.4 Å². The minimum atomic E-state index is -0.503. The summed E-state index contributed by atoms with van der Waals surface area (Å²) >= 11 is 1.25. The summed E-state index contributed by atoms with van der Waals surface area (Å²) in [6.45, 7) is 7.68. The predicted octanol–water partition coefficient (Wildman–Crippen LogP) is 3.76. The molecule has 0 saturated carbocycles. The van der Waals surface area contributed by atoms with Crippen molar-refractivity contribution >= 4 is 34.1 Å². The van der Waals surface area contributed by atoms with Gasteiger partial charge in [0.15, 0.2) is 0 Å². The minimum Gasteiger partial charge on any atom is -0.465 e. The molecule has 0 aliphatic rings. The Labute approximate surface area is 162 Å². The van der Waals surface area contributed by atoms with Crippen molar-refractivity contribution in [2.75, 3.05) is 12.4 Å². The van der Waals surface area contributed by atoms with E-state index in [4.69, 9.17) is 0 Å². The highest BCUT2D eigenvalue weighted by Gasteiger charge is 2.23. The third kappa shape index (κ3) is 5.40. The minimum absolute atomic E-state index is 0.0959. The molecule has 6 nitrogen and oxygen atoms in total. The lowest BCUT2D eigenvalue weighted by Gasteiger charge is -2.16. The highest BCUT2D eigenvalue weighted by Crippen LogP contribution is 2.28. The summed E-state index contributed by atoms with van der Waals surface area (Å²) in [5.74, 6) is -0.697. The maximum atomic E-state index is 12.5. The Morgan fingerprint density at radius 3 is 2.30 bits per heavy atom. The molecule has 1 aromatic carbocycles. The lowest BCUT2D eigenvalue weighted by Crippen LogP contribution is -2.27. The molecule has 0 unspecified atom stereocenters. The standard InChI is InChI=1S/C20H24N2O4S/c1-12-10-15(22-19(25)20(2,3)4)27-16(12)17(23)21-11-13-6-8-14(9-7-13)18(24)26-5/h6-10H,11H2,1-5H3,(H,21,23)(H,22,25). The molecule has 2 rings (SSSR count). The monoisotopic (exact) mass is 388 g/mol. The first-order valence-corrected chi connectivity index (χ1v) is 9.31. The van der Waals surface area contributed by atoms with E-state index in [0.29, 0.717) is 22.0 Å². The molecule has 27 heavy (non-hydrogen) atoms. The zero-order chi connectivity index (χ0) is 20.2. The van der Waals surface area contributed by atoms with E-state index in [-0.39, 0.29) is 11.8 Å². The van der Waals surface area contributed by atoms with Crippen molar-refractivity contribution in [2.24, 2.45) is 5.41 Å². The maximum absolute atomic E-state index is 12.5. The first-order chi connectivity index (χ1) is 12.6. The van der Waals surface area contributed by atoms with E-state index in [1.807, 2.05) is 27.7 Å². The Kier molecular flexibility index (Phi) is 6.38. The SMILES string of the molecule is COC(=O)c1ccc(CNC(=O)c2sc(NC(=O)C(C)(C)C)cc2C)cc1. The summed E-state index contributed by atoms with van der Waals surface area (Å²) in [5.41, 5.74) is 1.63. The smallest absolute Gasteiger partial charge is 0.337 e. The number of esters is 1. The van der Waals surface area contributed by atoms with Gasteiger partial charge in [-0.05, 0) is 36.2 Å². The second kappa shape index (κ2) is 8.35. The molecule has 7 heteroatoms. The summed E-state index contributed by atoms with van der Waals surface area (Å²) in [6.07, 6.45) is 0. The van der Waals surface area contributed by atoms with Crippen molar-refractivity contribution in [3.63, 3.8) is 0 Å². The van der Waals surface area contributed by atoms with Crippen LogP contribution < -0.4 is 10.6 Å². The largest absolute Gasteiger partial charge is 0.465 e. The number of methoxy groups -OCH3 is 1. The normalized spacial score (nSPS) is 11.0. The lowest BCUT2D eigenvalue weighted by molar-refractivity contribution is -0.123. The fourth-order valence-electron chi connectivity index (χ4n) is 2.21. The lowest BCUT2D eigenvalue weighted by atomic mass is 9.96. The highest BCUT2D eigenvalue weighted by molar-refractivity contribution is 7.18. The van der Waals surface area contributed by atoms with Crippen LogP contribution in [-0.2, 0) is 16.1 Å². The number of carbonyl (C=O) groups is 3. The number of hydrogen-bond donors (Lipinski definition) is 2. The molecular formula is C20H24N2O4S. The Morgan fingerprint density at radius 2 is 1.74 bits per heavy atom. The molecule has 0 aliphatic carbocycles. The van der Waals surface area contributed by atoms with Crippen LogP contribution in [0, 0.1) is 12.3 Å². The summed E-state index contributed by atoms with van der Waals surface area (Å²) in [4.78, 5) is 36.6. The average molecular weight is 388 g/mol. The van der Waals surface area contributed by atoms with Gasteiger partial charge >= 0.3 is 5.97 Å². The van der Waals surface area contributed by atoms with Crippen LogP contribution in [-0.4, -0.2) is 24.9 Å². The Bertz CT molecular complexity index is 848. The summed E-state index contributed by atoms with van der Waals surface area (Å²) in [5, 5.41) is 6.36. The molecule has 0 bridgehead atoms. The molecule has 2 N–H and O–H groups in total. The molecule has 0 saturated heterocycles. The van der Waals surface area contributed by atoms with Gasteiger partial charge < -0.3 is 15.4 Å². The van der Waals surface area contributed by atoms with Crippen LogP contribution in [0.5, 0.6) is 0 Å². The second-order valence-corrected chi connectivity index (χ2v) is 8.25. The van der Waals surface area contributed by atoms with Crippen molar-refractivity contribution < 1.29 is 19.1 Å². The van der Waals surface area contributed by atoms with Crippen LogP contribution >= 0.6 is 11.3 Å². The summed E-state index contributed by atoms with van der Waals surface area (Å²) in [7, 11) is 1.33. The Balaban J connectivity index is 2.00. The molecule has 0 radical (unpaired) electrons. The van der Waals surface area contributed by atoms with Crippen molar-refractivity contribution in [1.29, 1.82) is 0 Å². The second-order valence-electron chi connectivity index (χ2n) is 7.20. The molecular weight excluding hydrogens is 364 g/mol. The number of amides is 2. The molecule has 1 aromatic heterocycles. The van der Waals surface area contributed by atoms with Crippen LogP contribution in [0.3, 0.4) is 0 Å². The van der Waals surface area contributed by atoms with Crippen LogP contribution in [0.4, 0.5) is 5.00 Å². The number of thiophene rings is 1. The maximum Gasteiger partial charge on any atom is 0.337 e. The first kappa shape index (κ1) is 20.6. The van der Waals surface area contributed by atoms with Gasteiger partial charge in [0.2, 0.25) is 5.91 Å². The van der Waals surface area contributed by atoms with Crippen LogP contribution in [0.2, 0.25) is 0 Å². The molecule has 0 aliphatic heterocycles. The van der Waals surface area contributed by atoms with Gasteiger partial charge in [-0.25, -0.2) is 4.79 Å². The van der Waals surface area contributed by atoms with Gasteiger partial charge in [-0.1, -0.05) is 32.9 Å². The van der Waals surface area contributed by atoms with Gasteiger partial charge in [0.05, 0.1) is 22.6 Å². The number of rotatable bonds is 5. The van der Waals surface area contributed by atoms with Gasteiger partial charge in [-0.2, -0.15) is 0 Å². The zero-order valence-electron chi connectivity index (χ0n) is 16.1. The van der Waals surface area contributed by atoms with Crippen molar-refractivity contribution in [3.8, 4) is 0 Å². The van der Waals surface area contributed by atoms with E-state index < -0.39 is 11.4 Å². The molecule has 1 heterocycles. The molecule has 144 valence electrons. The topological polar surface area (TPSA) is 84.5 Å². The molecule has 0 spiro atoms. The molecule has 0 fully saturated rings. The highest BCUT2D eigenvalue weighted by atomic mass is 32.1. The number of carbonyl (C=O) groups excluding carboxylic acids is 3. The zero-order valence-corrected chi connectivity index (χ0v) is 17.0. The van der Waals surface area contributed by atoms with Gasteiger partial charge in [0.25, 0.3) is 5.91 Å². The van der Waals surface area contributed by atoms with Crippen LogP contribution in [0.25, 0.3) is 0 Å². The number of anilines is 1.